The first-order valence-electron chi connectivity index (χ1n) is 5.62. The zero-order valence-electron chi connectivity index (χ0n) is 9.49. The van der Waals surface area contributed by atoms with E-state index in [1.807, 2.05) is 0 Å². The summed E-state index contributed by atoms with van der Waals surface area (Å²) in [5.41, 5.74) is 2.99. The van der Waals surface area contributed by atoms with Crippen molar-refractivity contribution >= 4 is 11.8 Å². The topological polar surface area (TPSA) is 0 Å². The van der Waals surface area contributed by atoms with Crippen molar-refractivity contribution in [2.75, 3.05) is 0 Å². The van der Waals surface area contributed by atoms with Crippen LogP contribution in [0.4, 0.5) is 0 Å². The maximum atomic E-state index is 2.23. The van der Waals surface area contributed by atoms with Gasteiger partial charge in [0, 0.05) is 5.25 Å². The highest BCUT2D eigenvalue weighted by molar-refractivity contribution is 8.05. The maximum Gasteiger partial charge on any atom is 0.0140 e. The smallest absolute Gasteiger partial charge is 0.0140 e. The van der Waals surface area contributed by atoms with Crippen LogP contribution < -0.4 is 0 Å². The number of aryl methyl sites for hydroxylation is 1. The second kappa shape index (κ2) is 4.89. The Kier molecular flexibility index (Phi) is 3.53. The van der Waals surface area contributed by atoms with Gasteiger partial charge in [-0.3, -0.25) is 0 Å². The molecular formula is C14H18S. The van der Waals surface area contributed by atoms with E-state index in [0.717, 1.165) is 5.25 Å². The third kappa shape index (κ3) is 2.88. The monoisotopic (exact) mass is 218 g/mol. The van der Waals surface area contributed by atoms with Gasteiger partial charge in [-0.05, 0) is 43.6 Å². The normalized spacial score (nSPS) is 19.9. The predicted molar refractivity (Wildman–Crippen MR) is 69.1 cm³/mol. The van der Waals surface area contributed by atoms with Gasteiger partial charge in [0.1, 0.15) is 0 Å². The molecule has 0 aliphatic carbocycles. The summed E-state index contributed by atoms with van der Waals surface area (Å²) in [6.45, 7) is 4.44. The summed E-state index contributed by atoms with van der Waals surface area (Å²) >= 11 is 2.08. The fourth-order valence-corrected chi connectivity index (χ4v) is 2.98. The van der Waals surface area contributed by atoms with Gasteiger partial charge < -0.3 is 0 Å². The summed E-state index contributed by atoms with van der Waals surface area (Å²) in [5, 5.41) is 0.870. The summed E-state index contributed by atoms with van der Waals surface area (Å²) < 4.78 is 0. The average Bonchev–Trinajstić information content (AvgIpc) is 2.16. The van der Waals surface area contributed by atoms with Gasteiger partial charge in [0.15, 0.2) is 0 Å². The molecule has 1 unspecified atom stereocenters. The minimum Gasteiger partial charge on any atom is -0.127 e. The molecule has 0 spiro atoms. The van der Waals surface area contributed by atoms with E-state index < -0.39 is 0 Å². The molecule has 1 aliphatic heterocycles. The standard InChI is InChI=1S/C14H18S/c1-11(2)14-10-13(15-14)9-8-12-6-4-3-5-7-12/h3-7,13H,8-10H2,1-2H3. The Hall–Kier alpha value is -0.690. The highest BCUT2D eigenvalue weighted by atomic mass is 32.2. The van der Waals surface area contributed by atoms with Crippen molar-refractivity contribution < 1.29 is 0 Å². The lowest BCUT2D eigenvalue weighted by atomic mass is 10.1. The fraction of sp³-hybridized carbons (Fsp3) is 0.429. The third-order valence-corrected chi connectivity index (χ3v) is 4.47. The van der Waals surface area contributed by atoms with Gasteiger partial charge in [0.25, 0.3) is 0 Å². The zero-order chi connectivity index (χ0) is 10.7. The molecule has 0 aromatic heterocycles. The van der Waals surface area contributed by atoms with Crippen LogP contribution in [0.2, 0.25) is 0 Å². The average molecular weight is 218 g/mol. The van der Waals surface area contributed by atoms with Crippen LogP contribution in [0.3, 0.4) is 0 Å². The number of rotatable bonds is 3. The first-order valence-corrected chi connectivity index (χ1v) is 6.50. The molecule has 1 aliphatic rings. The summed E-state index contributed by atoms with van der Waals surface area (Å²) in [7, 11) is 0. The Morgan fingerprint density at radius 1 is 1.27 bits per heavy atom. The maximum absolute atomic E-state index is 2.23. The molecule has 0 amide bonds. The lowest BCUT2D eigenvalue weighted by Gasteiger charge is -2.29. The predicted octanol–water partition coefficient (Wildman–Crippen LogP) is 4.42. The van der Waals surface area contributed by atoms with Gasteiger partial charge in [-0.1, -0.05) is 35.9 Å². The fourth-order valence-electron chi connectivity index (χ4n) is 1.85. The van der Waals surface area contributed by atoms with Crippen molar-refractivity contribution in [1.82, 2.24) is 0 Å². The van der Waals surface area contributed by atoms with Gasteiger partial charge in [0.2, 0.25) is 0 Å². The van der Waals surface area contributed by atoms with Crippen LogP contribution in [-0.4, -0.2) is 5.25 Å². The molecule has 1 aromatic carbocycles. The molecule has 1 saturated heterocycles. The molecule has 80 valence electrons. The largest absolute Gasteiger partial charge is 0.127 e. The van der Waals surface area contributed by atoms with E-state index >= 15 is 0 Å². The van der Waals surface area contributed by atoms with Crippen molar-refractivity contribution in [2.45, 2.75) is 38.4 Å². The Labute approximate surface area is 96.8 Å². The molecule has 0 radical (unpaired) electrons. The number of allylic oxidation sites excluding steroid dienone is 2. The third-order valence-electron chi connectivity index (χ3n) is 2.88. The highest BCUT2D eigenvalue weighted by Gasteiger charge is 2.24. The van der Waals surface area contributed by atoms with E-state index in [9.17, 15) is 0 Å². The van der Waals surface area contributed by atoms with Gasteiger partial charge in [-0.2, -0.15) is 0 Å². The van der Waals surface area contributed by atoms with E-state index in [4.69, 9.17) is 0 Å². The molecule has 1 heterocycles. The quantitative estimate of drug-likeness (QED) is 0.723. The molecular weight excluding hydrogens is 200 g/mol. The Balaban J connectivity index is 1.76. The first kappa shape index (κ1) is 10.8. The van der Waals surface area contributed by atoms with Crippen molar-refractivity contribution in [2.24, 2.45) is 0 Å². The molecule has 1 aromatic rings. The summed E-state index contributed by atoms with van der Waals surface area (Å²) in [4.78, 5) is 1.62. The van der Waals surface area contributed by atoms with Gasteiger partial charge >= 0.3 is 0 Å². The van der Waals surface area contributed by atoms with Crippen LogP contribution in [-0.2, 0) is 6.42 Å². The van der Waals surface area contributed by atoms with E-state index in [2.05, 4.69) is 55.9 Å². The van der Waals surface area contributed by atoms with E-state index in [0.29, 0.717) is 0 Å². The summed E-state index contributed by atoms with van der Waals surface area (Å²) in [6, 6.07) is 10.8. The molecule has 0 bridgehead atoms. The van der Waals surface area contributed by atoms with E-state index in [-0.39, 0.29) is 0 Å². The van der Waals surface area contributed by atoms with E-state index in [1.54, 1.807) is 4.91 Å². The molecule has 1 atom stereocenters. The molecule has 15 heavy (non-hydrogen) atoms. The second-order valence-electron chi connectivity index (χ2n) is 4.39. The summed E-state index contributed by atoms with van der Waals surface area (Å²) in [5.74, 6) is 0. The van der Waals surface area contributed by atoms with Crippen LogP contribution in [0.25, 0.3) is 0 Å². The van der Waals surface area contributed by atoms with Crippen molar-refractivity contribution in [3.8, 4) is 0 Å². The molecule has 1 fully saturated rings. The molecule has 2 rings (SSSR count). The Morgan fingerprint density at radius 3 is 2.53 bits per heavy atom. The van der Waals surface area contributed by atoms with Crippen LogP contribution in [0.15, 0.2) is 40.8 Å². The number of thioether (sulfide) groups is 1. The van der Waals surface area contributed by atoms with Gasteiger partial charge in [-0.15, -0.1) is 11.8 Å². The lowest BCUT2D eigenvalue weighted by molar-refractivity contribution is 0.734. The number of hydrogen-bond donors (Lipinski definition) is 0. The highest BCUT2D eigenvalue weighted by Crippen LogP contribution is 2.44. The Morgan fingerprint density at radius 2 is 1.93 bits per heavy atom. The first-order chi connectivity index (χ1) is 7.25. The van der Waals surface area contributed by atoms with Crippen molar-refractivity contribution in [3.05, 3.63) is 46.4 Å². The van der Waals surface area contributed by atoms with Crippen LogP contribution in [0.5, 0.6) is 0 Å². The number of hydrogen-bond acceptors (Lipinski definition) is 1. The summed E-state index contributed by atoms with van der Waals surface area (Å²) in [6.07, 6.45) is 3.87. The minimum atomic E-state index is 0.870. The second-order valence-corrected chi connectivity index (χ2v) is 5.79. The van der Waals surface area contributed by atoms with Gasteiger partial charge in [-0.25, -0.2) is 0 Å². The molecule has 1 heteroatoms. The lowest BCUT2D eigenvalue weighted by Crippen LogP contribution is -2.15. The van der Waals surface area contributed by atoms with Crippen LogP contribution >= 0.6 is 11.8 Å². The number of benzene rings is 1. The van der Waals surface area contributed by atoms with Gasteiger partial charge in [0.05, 0.1) is 0 Å². The molecule has 0 N–H and O–H groups in total. The zero-order valence-corrected chi connectivity index (χ0v) is 10.3. The van der Waals surface area contributed by atoms with E-state index in [1.165, 1.54) is 30.4 Å². The SMILES string of the molecule is CC(C)=C1CC(CCc2ccccc2)S1. The molecule has 0 nitrogen and oxygen atoms in total. The Bertz CT molecular complexity index is 339. The van der Waals surface area contributed by atoms with Crippen LogP contribution in [0.1, 0.15) is 32.3 Å². The van der Waals surface area contributed by atoms with Crippen molar-refractivity contribution in [3.63, 3.8) is 0 Å². The van der Waals surface area contributed by atoms with Crippen molar-refractivity contribution in [1.29, 1.82) is 0 Å². The minimum absolute atomic E-state index is 0.870. The molecule has 0 saturated carbocycles. The van der Waals surface area contributed by atoms with Crippen LogP contribution in [0, 0.1) is 0 Å².